The zero-order chi connectivity index (χ0) is 11.4. The highest BCUT2D eigenvalue weighted by molar-refractivity contribution is 6.05. The van der Waals surface area contributed by atoms with Crippen LogP contribution in [0, 0.1) is 0 Å². The standard InChI is InChI=1S/C8H12F2N2O3/c9-6(10)4-12(1-2-13)5-3-7(14)11-8(5)15/h5-6,13H,1-4H2,(H,11,14,15). The second-order valence-corrected chi connectivity index (χ2v) is 3.24. The first-order chi connectivity index (χ1) is 7.04. The van der Waals surface area contributed by atoms with Gasteiger partial charge in [0.1, 0.15) is 0 Å². The molecule has 1 aliphatic rings. The fraction of sp³-hybridized carbons (Fsp3) is 0.750. The van der Waals surface area contributed by atoms with Crippen molar-refractivity contribution in [2.75, 3.05) is 19.7 Å². The minimum atomic E-state index is -2.60. The Labute approximate surface area is 85.0 Å². The molecule has 5 nitrogen and oxygen atoms in total. The zero-order valence-electron chi connectivity index (χ0n) is 7.95. The highest BCUT2D eigenvalue weighted by atomic mass is 19.3. The first-order valence-electron chi connectivity index (χ1n) is 4.51. The number of imide groups is 1. The lowest BCUT2D eigenvalue weighted by Gasteiger charge is -2.24. The quantitative estimate of drug-likeness (QED) is 0.583. The molecule has 0 aromatic carbocycles. The second kappa shape index (κ2) is 5.13. The number of alkyl halides is 2. The smallest absolute Gasteiger partial charge is 0.251 e. The minimum Gasteiger partial charge on any atom is -0.395 e. The number of aliphatic hydroxyl groups is 1. The van der Waals surface area contributed by atoms with Crippen molar-refractivity contribution in [1.82, 2.24) is 10.2 Å². The van der Waals surface area contributed by atoms with Crippen LogP contribution >= 0.6 is 0 Å². The molecule has 0 aromatic heterocycles. The largest absolute Gasteiger partial charge is 0.395 e. The third-order valence-corrected chi connectivity index (χ3v) is 2.14. The van der Waals surface area contributed by atoms with E-state index in [1.54, 1.807) is 0 Å². The summed E-state index contributed by atoms with van der Waals surface area (Å²) in [5, 5.41) is 10.7. The molecular weight excluding hydrogens is 210 g/mol. The van der Waals surface area contributed by atoms with Gasteiger partial charge in [-0.05, 0) is 0 Å². The normalized spacial score (nSPS) is 21.5. The van der Waals surface area contributed by atoms with Crippen molar-refractivity contribution >= 4 is 11.8 Å². The number of carbonyl (C=O) groups excluding carboxylic acids is 2. The van der Waals surface area contributed by atoms with Crippen LogP contribution in [-0.4, -0.2) is 54.0 Å². The lowest BCUT2D eigenvalue weighted by atomic mass is 10.2. The fourth-order valence-corrected chi connectivity index (χ4v) is 1.52. The zero-order valence-corrected chi connectivity index (χ0v) is 7.95. The monoisotopic (exact) mass is 222 g/mol. The molecular formula is C8H12F2N2O3. The average molecular weight is 222 g/mol. The SMILES string of the molecule is O=C1CC(N(CCO)CC(F)F)C(=O)N1. The molecule has 1 aliphatic heterocycles. The van der Waals surface area contributed by atoms with Crippen LogP contribution in [0.2, 0.25) is 0 Å². The molecule has 1 atom stereocenters. The van der Waals surface area contributed by atoms with Gasteiger partial charge in [-0.25, -0.2) is 8.78 Å². The topological polar surface area (TPSA) is 69.6 Å². The van der Waals surface area contributed by atoms with Crippen LogP contribution in [0.5, 0.6) is 0 Å². The number of nitrogens with one attached hydrogen (secondary N) is 1. The molecule has 0 radical (unpaired) electrons. The molecule has 1 fully saturated rings. The van der Waals surface area contributed by atoms with Gasteiger partial charge in [-0.15, -0.1) is 0 Å². The third-order valence-electron chi connectivity index (χ3n) is 2.14. The first-order valence-corrected chi connectivity index (χ1v) is 4.51. The Hall–Kier alpha value is -1.08. The number of amides is 2. The minimum absolute atomic E-state index is 0.0459. The van der Waals surface area contributed by atoms with Crippen molar-refractivity contribution in [3.05, 3.63) is 0 Å². The van der Waals surface area contributed by atoms with Gasteiger partial charge in [0.25, 0.3) is 6.43 Å². The van der Waals surface area contributed by atoms with Crippen molar-refractivity contribution < 1.29 is 23.5 Å². The van der Waals surface area contributed by atoms with Crippen molar-refractivity contribution in [2.24, 2.45) is 0 Å². The van der Waals surface area contributed by atoms with E-state index in [2.05, 4.69) is 0 Å². The Balaban J connectivity index is 2.62. The van der Waals surface area contributed by atoms with Crippen molar-refractivity contribution in [1.29, 1.82) is 0 Å². The molecule has 15 heavy (non-hydrogen) atoms. The lowest BCUT2D eigenvalue weighted by Crippen LogP contribution is -2.44. The van der Waals surface area contributed by atoms with E-state index in [4.69, 9.17) is 5.11 Å². The summed E-state index contributed by atoms with van der Waals surface area (Å²) < 4.78 is 24.3. The summed E-state index contributed by atoms with van der Waals surface area (Å²) in [5.41, 5.74) is 0. The number of hydrogen-bond acceptors (Lipinski definition) is 4. The number of aliphatic hydroxyl groups excluding tert-OH is 1. The summed E-state index contributed by atoms with van der Waals surface area (Å²) in [6.45, 7) is -0.994. The van der Waals surface area contributed by atoms with Gasteiger partial charge in [0.15, 0.2) is 0 Å². The van der Waals surface area contributed by atoms with E-state index in [1.807, 2.05) is 5.32 Å². The average Bonchev–Trinajstić information content (AvgIpc) is 2.44. The van der Waals surface area contributed by atoms with Crippen LogP contribution in [0.1, 0.15) is 6.42 Å². The molecule has 0 aromatic rings. The Morgan fingerprint density at radius 2 is 2.20 bits per heavy atom. The maximum absolute atomic E-state index is 12.1. The van der Waals surface area contributed by atoms with Gasteiger partial charge in [0.2, 0.25) is 11.8 Å². The molecule has 0 aliphatic carbocycles. The van der Waals surface area contributed by atoms with Crippen molar-refractivity contribution in [2.45, 2.75) is 18.9 Å². The van der Waals surface area contributed by atoms with Gasteiger partial charge >= 0.3 is 0 Å². The predicted molar refractivity (Wildman–Crippen MR) is 46.2 cm³/mol. The van der Waals surface area contributed by atoms with Crippen LogP contribution in [0.15, 0.2) is 0 Å². The Morgan fingerprint density at radius 3 is 2.60 bits per heavy atom. The van der Waals surface area contributed by atoms with Gasteiger partial charge in [0.05, 0.1) is 25.6 Å². The summed E-state index contributed by atoms with van der Waals surface area (Å²) in [6.07, 6.45) is -2.72. The van der Waals surface area contributed by atoms with E-state index < -0.39 is 30.8 Å². The molecule has 2 N–H and O–H groups in total. The van der Waals surface area contributed by atoms with E-state index >= 15 is 0 Å². The van der Waals surface area contributed by atoms with Gasteiger partial charge < -0.3 is 5.11 Å². The van der Waals surface area contributed by atoms with E-state index in [0.717, 1.165) is 4.90 Å². The number of hydrogen-bond donors (Lipinski definition) is 2. The fourth-order valence-electron chi connectivity index (χ4n) is 1.52. The van der Waals surface area contributed by atoms with Crippen LogP contribution in [0.3, 0.4) is 0 Å². The summed E-state index contributed by atoms with van der Waals surface area (Å²) in [4.78, 5) is 23.1. The van der Waals surface area contributed by atoms with Crippen LogP contribution in [-0.2, 0) is 9.59 Å². The predicted octanol–water partition coefficient (Wildman–Crippen LogP) is -1.04. The van der Waals surface area contributed by atoms with Crippen molar-refractivity contribution in [3.63, 3.8) is 0 Å². The highest BCUT2D eigenvalue weighted by Crippen LogP contribution is 2.12. The lowest BCUT2D eigenvalue weighted by molar-refractivity contribution is -0.126. The summed E-state index contributed by atoms with van der Waals surface area (Å²) in [5.74, 6) is -1.05. The molecule has 0 saturated carbocycles. The number of nitrogens with zero attached hydrogens (tertiary/aromatic N) is 1. The third kappa shape index (κ3) is 3.21. The summed E-state index contributed by atoms with van der Waals surface area (Å²) in [7, 11) is 0. The van der Waals surface area contributed by atoms with Crippen LogP contribution < -0.4 is 5.32 Å². The molecule has 1 heterocycles. The first kappa shape index (κ1) is 12.0. The molecule has 86 valence electrons. The molecule has 2 amide bonds. The number of halogens is 2. The molecule has 0 spiro atoms. The van der Waals surface area contributed by atoms with Gasteiger partial charge in [-0.3, -0.25) is 19.8 Å². The molecule has 1 saturated heterocycles. The van der Waals surface area contributed by atoms with E-state index in [9.17, 15) is 18.4 Å². The van der Waals surface area contributed by atoms with E-state index in [-0.39, 0.29) is 19.6 Å². The van der Waals surface area contributed by atoms with Gasteiger partial charge in [0, 0.05) is 6.54 Å². The van der Waals surface area contributed by atoms with Gasteiger partial charge in [-0.2, -0.15) is 0 Å². The molecule has 0 bridgehead atoms. The number of rotatable bonds is 5. The van der Waals surface area contributed by atoms with Crippen molar-refractivity contribution in [3.8, 4) is 0 Å². The summed E-state index contributed by atoms with van der Waals surface area (Å²) in [6, 6.07) is -0.876. The second-order valence-electron chi connectivity index (χ2n) is 3.24. The Kier molecular flexibility index (Phi) is 4.10. The summed E-state index contributed by atoms with van der Waals surface area (Å²) >= 11 is 0. The molecule has 7 heteroatoms. The Bertz CT molecular complexity index is 260. The van der Waals surface area contributed by atoms with Crippen LogP contribution in [0.25, 0.3) is 0 Å². The molecule has 1 unspecified atom stereocenters. The maximum Gasteiger partial charge on any atom is 0.251 e. The van der Waals surface area contributed by atoms with E-state index in [1.165, 1.54) is 0 Å². The molecule has 1 rings (SSSR count). The highest BCUT2D eigenvalue weighted by Gasteiger charge is 2.35. The van der Waals surface area contributed by atoms with E-state index in [0.29, 0.717) is 0 Å². The Morgan fingerprint density at radius 1 is 1.53 bits per heavy atom. The van der Waals surface area contributed by atoms with Crippen LogP contribution in [0.4, 0.5) is 8.78 Å². The van der Waals surface area contributed by atoms with Gasteiger partial charge in [-0.1, -0.05) is 0 Å². The number of carbonyl (C=O) groups is 2. The maximum atomic E-state index is 12.1.